The summed E-state index contributed by atoms with van der Waals surface area (Å²) in [5, 5.41) is 3.02. The van der Waals surface area contributed by atoms with Gasteiger partial charge in [0.25, 0.3) is 7.82 Å². The highest BCUT2D eigenvalue weighted by Gasteiger charge is 2.27. The first-order valence-corrected chi connectivity index (χ1v) is 34.7. The zero-order valence-electron chi connectivity index (χ0n) is 53.8. The zero-order valence-corrected chi connectivity index (χ0v) is 54.7. The minimum Gasteiger partial charge on any atom is -0.756 e. The molecule has 83 heavy (non-hydrogen) atoms. The third-order valence-corrected chi connectivity index (χ3v) is 14.9. The van der Waals surface area contributed by atoms with Gasteiger partial charge in [-0.2, -0.15) is 0 Å². The van der Waals surface area contributed by atoms with Gasteiger partial charge in [0.2, 0.25) is 5.91 Å². The smallest absolute Gasteiger partial charge is 0.306 e. The van der Waals surface area contributed by atoms with Gasteiger partial charge in [-0.25, -0.2) is 0 Å². The Morgan fingerprint density at radius 1 is 0.446 bits per heavy atom. The minimum atomic E-state index is -4.72. The number of rotatable bonds is 58. The van der Waals surface area contributed by atoms with Crippen LogP contribution in [0.2, 0.25) is 0 Å². The number of amides is 1. The largest absolute Gasteiger partial charge is 0.756 e. The van der Waals surface area contributed by atoms with Crippen molar-refractivity contribution in [3.05, 3.63) is 146 Å². The zero-order chi connectivity index (χ0) is 60.7. The topological polar surface area (TPSA) is 114 Å². The van der Waals surface area contributed by atoms with Gasteiger partial charge in [-0.1, -0.05) is 289 Å². The maximum absolute atomic E-state index is 13.6. The number of carbonyl (C=O) groups excluding carboxylic acids is 2. The molecule has 9 nitrogen and oxygen atoms in total. The van der Waals surface area contributed by atoms with Crippen molar-refractivity contribution in [3.8, 4) is 0 Å². The molecule has 0 aromatic carbocycles. The Balaban J connectivity index is 5.21. The Hall–Kier alpha value is -4.11. The molecule has 0 bridgehead atoms. The molecule has 0 aliphatic carbocycles. The molecular formula is C73H123N2O7P. The molecule has 0 fully saturated rings. The van der Waals surface area contributed by atoms with Crippen LogP contribution < -0.4 is 10.2 Å². The Labute approximate surface area is 510 Å². The summed E-state index contributed by atoms with van der Waals surface area (Å²) in [5.74, 6) is -0.604. The van der Waals surface area contributed by atoms with Crippen LogP contribution in [0.15, 0.2) is 146 Å². The number of quaternary nitrogens is 1. The summed E-state index contributed by atoms with van der Waals surface area (Å²) in [7, 11) is 1.14. The van der Waals surface area contributed by atoms with E-state index in [4.69, 9.17) is 13.8 Å². The lowest BCUT2D eigenvalue weighted by Crippen LogP contribution is -2.47. The quantitative estimate of drug-likeness (QED) is 0.0161. The van der Waals surface area contributed by atoms with Crippen molar-refractivity contribution in [2.45, 2.75) is 264 Å². The molecule has 1 N–H and O–H groups in total. The van der Waals surface area contributed by atoms with Gasteiger partial charge in [-0.05, 0) is 96.0 Å². The number of likely N-dealkylation sites (N-methyl/N-ethyl adjacent to an activating group) is 1. The fourth-order valence-corrected chi connectivity index (χ4v) is 9.60. The molecular weight excluding hydrogens is 1050 g/mol. The van der Waals surface area contributed by atoms with Gasteiger partial charge in [0, 0.05) is 12.8 Å². The van der Waals surface area contributed by atoms with Gasteiger partial charge in [0.05, 0.1) is 33.8 Å². The van der Waals surface area contributed by atoms with Crippen LogP contribution in [-0.4, -0.2) is 69.4 Å². The van der Waals surface area contributed by atoms with Crippen LogP contribution in [0, 0.1) is 0 Å². The van der Waals surface area contributed by atoms with E-state index < -0.39 is 26.6 Å². The molecule has 3 atom stereocenters. The molecule has 0 saturated carbocycles. The normalized spacial score (nSPS) is 14.5. The number of allylic oxidation sites excluding steroid dienone is 23. The second-order valence-electron chi connectivity index (χ2n) is 23.0. The second-order valence-corrected chi connectivity index (χ2v) is 24.4. The maximum Gasteiger partial charge on any atom is 0.306 e. The van der Waals surface area contributed by atoms with Crippen molar-refractivity contribution < 1.29 is 37.3 Å². The fraction of sp³-hybridized carbons (Fsp3) is 0.644. The van der Waals surface area contributed by atoms with Crippen molar-refractivity contribution >= 4 is 19.7 Å². The Morgan fingerprint density at radius 3 is 1.31 bits per heavy atom. The number of phosphoric ester groups is 1. The Morgan fingerprint density at radius 2 is 0.831 bits per heavy atom. The van der Waals surface area contributed by atoms with E-state index in [1.807, 2.05) is 94.1 Å². The van der Waals surface area contributed by atoms with Crippen LogP contribution in [0.5, 0.6) is 0 Å². The summed E-state index contributed by atoms with van der Waals surface area (Å²) in [6.45, 7) is 6.54. The molecule has 0 spiro atoms. The average Bonchev–Trinajstić information content (AvgIpc) is 3.47. The maximum atomic E-state index is 13.6. The lowest BCUT2D eigenvalue weighted by atomic mass is 10.0. The summed E-state index contributed by atoms with van der Waals surface area (Å²) in [6.07, 6.45) is 88.2. The highest BCUT2D eigenvalue weighted by molar-refractivity contribution is 7.45. The number of carbonyl (C=O) groups is 2. The first-order valence-electron chi connectivity index (χ1n) is 33.2. The summed E-state index contributed by atoms with van der Waals surface area (Å²) >= 11 is 0. The molecule has 472 valence electrons. The van der Waals surface area contributed by atoms with E-state index in [-0.39, 0.29) is 24.9 Å². The van der Waals surface area contributed by atoms with Gasteiger partial charge < -0.3 is 28.5 Å². The number of esters is 1. The molecule has 0 aromatic heterocycles. The van der Waals surface area contributed by atoms with E-state index in [9.17, 15) is 19.0 Å². The number of hydrogen-bond acceptors (Lipinski definition) is 7. The van der Waals surface area contributed by atoms with Crippen molar-refractivity contribution in [2.24, 2.45) is 0 Å². The Bertz CT molecular complexity index is 1930. The van der Waals surface area contributed by atoms with Crippen molar-refractivity contribution in [1.82, 2.24) is 5.32 Å². The number of ether oxygens (including phenoxy) is 1. The Kier molecular flexibility index (Phi) is 58.0. The first-order chi connectivity index (χ1) is 40.4. The van der Waals surface area contributed by atoms with Crippen LogP contribution >= 0.6 is 7.82 Å². The highest BCUT2D eigenvalue weighted by Crippen LogP contribution is 2.38. The van der Waals surface area contributed by atoms with Gasteiger partial charge in [-0.15, -0.1) is 0 Å². The molecule has 0 radical (unpaired) electrons. The summed E-state index contributed by atoms with van der Waals surface area (Å²) in [4.78, 5) is 40.1. The van der Waals surface area contributed by atoms with Crippen LogP contribution in [-0.2, 0) is 27.9 Å². The average molecular weight is 1170 g/mol. The van der Waals surface area contributed by atoms with Crippen LogP contribution in [0.4, 0.5) is 0 Å². The number of nitrogens with zero attached hydrogens (tertiary/aromatic N) is 1. The second kappa shape index (κ2) is 61.0. The molecule has 3 unspecified atom stereocenters. The van der Waals surface area contributed by atoms with Gasteiger partial charge in [-0.3, -0.25) is 14.2 Å². The minimum absolute atomic E-state index is 0.0385. The first kappa shape index (κ1) is 78.9. The van der Waals surface area contributed by atoms with E-state index >= 15 is 0 Å². The number of nitrogens with one attached hydrogen (secondary N) is 1. The van der Waals surface area contributed by atoms with E-state index in [0.717, 1.165) is 109 Å². The third kappa shape index (κ3) is 62.2. The molecule has 0 heterocycles. The molecule has 0 aliphatic rings. The van der Waals surface area contributed by atoms with Crippen LogP contribution in [0.25, 0.3) is 0 Å². The number of unbranched alkanes of at least 4 members (excludes halogenated alkanes) is 25. The van der Waals surface area contributed by atoms with E-state index in [1.165, 1.54) is 103 Å². The van der Waals surface area contributed by atoms with Crippen LogP contribution in [0.3, 0.4) is 0 Å². The SMILES string of the molecule is CC\C=C/C=C/C=C/C=C\C=C\C=C\CCCCCC(=O)OC(/C=C\CCCCCCCCCCCCC)C(COP(=O)([O-])OCC[N+](C)(C)C)NC(=O)CCCCCCCCCCCCC/C=C\C/C=C\C/C=C\C/C=C\C/C=C\CC. The van der Waals surface area contributed by atoms with E-state index in [2.05, 4.69) is 99.0 Å². The van der Waals surface area contributed by atoms with E-state index in [1.54, 1.807) is 0 Å². The fourth-order valence-electron chi connectivity index (χ4n) is 8.87. The molecule has 1 amide bonds. The highest BCUT2D eigenvalue weighted by atomic mass is 31.2. The molecule has 0 saturated heterocycles. The summed E-state index contributed by atoms with van der Waals surface area (Å²) in [6, 6.07) is -0.920. The summed E-state index contributed by atoms with van der Waals surface area (Å²) in [5.41, 5.74) is 0. The molecule has 0 aromatic rings. The van der Waals surface area contributed by atoms with Crippen molar-refractivity contribution in [3.63, 3.8) is 0 Å². The molecule has 10 heteroatoms. The van der Waals surface area contributed by atoms with Crippen molar-refractivity contribution in [1.29, 1.82) is 0 Å². The number of phosphoric acid groups is 1. The summed E-state index contributed by atoms with van der Waals surface area (Å²) < 4.78 is 30.3. The molecule has 0 rings (SSSR count). The van der Waals surface area contributed by atoms with E-state index in [0.29, 0.717) is 23.9 Å². The predicted octanol–water partition coefficient (Wildman–Crippen LogP) is 20.4. The molecule has 0 aliphatic heterocycles. The predicted molar refractivity (Wildman–Crippen MR) is 357 cm³/mol. The third-order valence-electron chi connectivity index (χ3n) is 13.9. The van der Waals surface area contributed by atoms with Gasteiger partial charge in [0.15, 0.2) is 0 Å². The van der Waals surface area contributed by atoms with Crippen molar-refractivity contribution in [2.75, 3.05) is 40.9 Å². The number of hydrogen-bond donors (Lipinski definition) is 1. The lowest BCUT2D eigenvalue weighted by Gasteiger charge is -2.30. The van der Waals surface area contributed by atoms with Crippen LogP contribution in [0.1, 0.15) is 252 Å². The lowest BCUT2D eigenvalue weighted by molar-refractivity contribution is -0.870. The standard InChI is InChI=1S/C73H123N2O7P/c1-7-10-13-16-19-22-25-28-30-32-33-34-35-36-37-38-39-40-41-43-44-47-50-53-56-59-62-65-72(76)74-70(69-81-83(78,79)80-68-67-75(4,5)6)71(64-61-58-55-52-49-46-27-24-21-18-15-12-9-3)82-73(77)66-63-60-57-54-51-48-45-42-31-29-26-23-20-17-14-11-8-2/h10-11,13-14,17,19-20,22-23,26,28-31,33-34,36-37,42,45,48,51,61,64,70-71H,7-9,12,15-16,18,21,24-25,27,32,35,38-41,43-44,46-47,49-50,52-60,62-63,65-69H2,1-6H3,(H-,74,76,78,79)/b13-10-,14-11-,20-17+,22-19-,26-23+,30-28-,31-29-,34-33-,37-36-,45-42+,51-48+,64-61-. The monoisotopic (exact) mass is 1170 g/mol. The van der Waals surface area contributed by atoms with Gasteiger partial charge in [0.1, 0.15) is 19.3 Å². The van der Waals surface area contributed by atoms with Gasteiger partial charge >= 0.3 is 5.97 Å².